The lowest BCUT2D eigenvalue weighted by atomic mass is 9.86. The maximum atomic E-state index is 13.4. The van der Waals surface area contributed by atoms with Crippen molar-refractivity contribution in [2.75, 3.05) is 13.1 Å². The lowest BCUT2D eigenvalue weighted by Gasteiger charge is -2.27. The molecule has 0 atom stereocenters. The molecule has 1 saturated heterocycles. The van der Waals surface area contributed by atoms with Gasteiger partial charge in [-0.3, -0.25) is 0 Å². The normalized spacial score (nSPS) is 18.7. The summed E-state index contributed by atoms with van der Waals surface area (Å²) < 4.78 is 28.4. The molecule has 1 fully saturated rings. The summed E-state index contributed by atoms with van der Waals surface area (Å²) in [5, 5.41) is 0. The number of rotatable bonds is 2. The Labute approximate surface area is 150 Å². The van der Waals surface area contributed by atoms with Gasteiger partial charge in [0.2, 0.25) is 10.0 Å². The second kappa shape index (κ2) is 6.93. The third-order valence-electron chi connectivity index (χ3n) is 5.53. The predicted molar refractivity (Wildman–Crippen MR) is 100 cm³/mol. The molecule has 0 radical (unpaired) electrons. The van der Waals surface area contributed by atoms with E-state index in [0.29, 0.717) is 18.0 Å². The topological polar surface area (TPSA) is 37.4 Å². The highest BCUT2D eigenvalue weighted by molar-refractivity contribution is 7.89. The zero-order valence-corrected chi connectivity index (χ0v) is 15.4. The smallest absolute Gasteiger partial charge is 0.207 e. The van der Waals surface area contributed by atoms with Crippen LogP contribution in [-0.2, 0) is 22.9 Å². The summed E-state index contributed by atoms with van der Waals surface area (Å²) in [4.78, 5) is 0.528. The zero-order valence-electron chi connectivity index (χ0n) is 14.6. The number of hydrogen-bond acceptors (Lipinski definition) is 2. The largest absolute Gasteiger partial charge is 0.243 e. The first-order valence-electron chi connectivity index (χ1n) is 9.34. The average molecular weight is 356 g/mol. The van der Waals surface area contributed by atoms with Crippen LogP contribution in [0.3, 0.4) is 0 Å². The van der Waals surface area contributed by atoms with Gasteiger partial charge in [-0.1, -0.05) is 55.7 Å². The van der Waals surface area contributed by atoms with Gasteiger partial charge in [-0.05, 0) is 54.0 Å². The van der Waals surface area contributed by atoms with Gasteiger partial charge in [0.1, 0.15) is 0 Å². The van der Waals surface area contributed by atoms with Crippen molar-refractivity contribution >= 4 is 10.0 Å². The molecule has 25 heavy (non-hydrogen) atoms. The fourth-order valence-corrected chi connectivity index (χ4v) is 5.90. The van der Waals surface area contributed by atoms with E-state index in [4.69, 9.17) is 0 Å². The Bertz CT molecular complexity index is 865. The van der Waals surface area contributed by atoms with Gasteiger partial charge in [-0.25, -0.2) is 8.42 Å². The molecule has 1 aliphatic heterocycles. The Morgan fingerprint density at radius 2 is 1.28 bits per heavy atom. The summed E-state index contributed by atoms with van der Waals surface area (Å²) in [6, 6.07) is 14.2. The van der Waals surface area contributed by atoms with E-state index in [-0.39, 0.29) is 0 Å². The van der Waals surface area contributed by atoms with E-state index in [1.807, 2.05) is 12.1 Å². The van der Waals surface area contributed by atoms with Crippen molar-refractivity contribution in [3.05, 3.63) is 64.7 Å². The molecular weight excluding hydrogens is 330 g/mol. The van der Waals surface area contributed by atoms with Crippen LogP contribution in [0.5, 0.6) is 0 Å². The third-order valence-corrected chi connectivity index (χ3v) is 7.51. The van der Waals surface area contributed by atoms with Gasteiger partial charge in [0.05, 0.1) is 4.90 Å². The van der Waals surface area contributed by atoms with Crippen molar-refractivity contribution in [1.82, 2.24) is 4.31 Å². The first-order valence-corrected chi connectivity index (χ1v) is 10.8. The maximum Gasteiger partial charge on any atom is 0.243 e. The van der Waals surface area contributed by atoms with Crippen LogP contribution < -0.4 is 0 Å². The standard InChI is InChI=1S/C21H25NO2S/c23-25(24,22-13-6-2-1-3-7-14-22)21-12-8-11-19-15-17-9-4-5-10-18(17)16-20(19)21/h4-5,8-12H,1-3,6-7,13-16H2. The van der Waals surface area contributed by atoms with Gasteiger partial charge in [0.25, 0.3) is 0 Å². The molecule has 132 valence electrons. The van der Waals surface area contributed by atoms with E-state index >= 15 is 0 Å². The van der Waals surface area contributed by atoms with E-state index in [0.717, 1.165) is 49.7 Å². The van der Waals surface area contributed by atoms with Crippen molar-refractivity contribution in [1.29, 1.82) is 0 Å². The molecule has 0 unspecified atom stereocenters. The van der Waals surface area contributed by atoms with Crippen LogP contribution in [0.1, 0.15) is 54.4 Å². The molecule has 1 aliphatic carbocycles. The van der Waals surface area contributed by atoms with Crippen molar-refractivity contribution in [3.8, 4) is 0 Å². The van der Waals surface area contributed by atoms with E-state index in [9.17, 15) is 8.42 Å². The monoisotopic (exact) mass is 355 g/mol. The van der Waals surface area contributed by atoms with Gasteiger partial charge in [-0.15, -0.1) is 0 Å². The number of sulfonamides is 1. The van der Waals surface area contributed by atoms with Crippen molar-refractivity contribution < 1.29 is 8.42 Å². The number of nitrogens with zero attached hydrogens (tertiary/aromatic N) is 1. The zero-order chi connectivity index (χ0) is 17.3. The highest BCUT2D eigenvalue weighted by atomic mass is 32.2. The molecule has 2 aromatic carbocycles. The van der Waals surface area contributed by atoms with Gasteiger partial charge < -0.3 is 0 Å². The molecular formula is C21H25NO2S. The first kappa shape index (κ1) is 16.8. The highest BCUT2D eigenvalue weighted by Gasteiger charge is 2.29. The summed E-state index contributed by atoms with van der Waals surface area (Å²) in [5.41, 5.74) is 4.73. The summed E-state index contributed by atoms with van der Waals surface area (Å²) in [5.74, 6) is 0. The van der Waals surface area contributed by atoms with Crippen LogP contribution in [-0.4, -0.2) is 25.8 Å². The summed E-state index contributed by atoms with van der Waals surface area (Å²) in [6.45, 7) is 1.31. The third kappa shape index (κ3) is 3.25. The Morgan fingerprint density at radius 1 is 0.680 bits per heavy atom. The van der Waals surface area contributed by atoms with Crippen LogP contribution in [0.4, 0.5) is 0 Å². The van der Waals surface area contributed by atoms with Crippen LogP contribution in [0.2, 0.25) is 0 Å². The molecule has 4 heteroatoms. The minimum atomic E-state index is -3.41. The summed E-state index contributed by atoms with van der Waals surface area (Å²) in [7, 11) is -3.41. The van der Waals surface area contributed by atoms with Crippen molar-refractivity contribution in [2.24, 2.45) is 0 Å². The van der Waals surface area contributed by atoms with E-state index in [1.165, 1.54) is 17.5 Å². The maximum absolute atomic E-state index is 13.4. The molecule has 0 N–H and O–H groups in total. The molecule has 0 bridgehead atoms. The fraction of sp³-hybridized carbons (Fsp3) is 0.429. The van der Waals surface area contributed by atoms with Gasteiger partial charge in [0.15, 0.2) is 0 Å². The van der Waals surface area contributed by atoms with Crippen molar-refractivity contribution in [3.63, 3.8) is 0 Å². The Hall–Kier alpha value is -1.65. The van der Waals surface area contributed by atoms with Gasteiger partial charge in [-0.2, -0.15) is 4.31 Å². The number of benzene rings is 2. The minimum absolute atomic E-state index is 0.528. The molecule has 3 nitrogen and oxygen atoms in total. The Kier molecular flexibility index (Phi) is 4.65. The lowest BCUT2D eigenvalue weighted by Crippen LogP contribution is -2.34. The van der Waals surface area contributed by atoms with Crippen LogP contribution in [0, 0.1) is 0 Å². The molecule has 0 aromatic heterocycles. The van der Waals surface area contributed by atoms with Crippen LogP contribution in [0.25, 0.3) is 0 Å². The predicted octanol–water partition coefficient (Wildman–Crippen LogP) is 4.14. The fourth-order valence-electron chi connectivity index (χ4n) is 4.11. The quantitative estimate of drug-likeness (QED) is 0.693. The SMILES string of the molecule is O=S(=O)(c1cccc2c1Cc1ccccc1C2)N1CCCCCCC1. The van der Waals surface area contributed by atoms with E-state index in [2.05, 4.69) is 24.3 Å². The molecule has 0 spiro atoms. The van der Waals surface area contributed by atoms with Gasteiger partial charge in [0, 0.05) is 13.1 Å². The molecule has 0 amide bonds. The summed E-state index contributed by atoms with van der Waals surface area (Å²) in [6.07, 6.45) is 6.97. The highest BCUT2D eigenvalue weighted by Crippen LogP contribution is 2.33. The molecule has 0 saturated carbocycles. The second-order valence-corrected chi connectivity index (χ2v) is 9.09. The van der Waals surface area contributed by atoms with E-state index < -0.39 is 10.0 Å². The van der Waals surface area contributed by atoms with E-state index in [1.54, 1.807) is 10.4 Å². The minimum Gasteiger partial charge on any atom is -0.207 e. The van der Waals surface area contributed by atoms with Crippen LogP contribution in [0.15, 0.2) is 47.4 Å². The lowest BCUT2D eigenvalue weighted by molar-refractivity contribution is 0.364. The van der Waals surface area contributed by atoms with Crippen molar-refractivity contribution in [2.45, 2.75) is 49.8 Å². The Morgan fingerprint density at radius 3 is 2.00 bits per heavy atom. The molecule has 2 aliphatic rings. The number of fused-ring (bicyclic) bond motifs is 2. The summed E-state index contributed by atoms with van der Waals surface area (Å²) >= 11 is 0. The molecule has 4 rings (SSSR count). The van der Waals surface area contributed by atoms with Crippen LogP contribution >= 0.6 is 0 Å². The molecule has 1 heterocycles. The average Bonchev–Trinajstić information content (AvgIpc) is 2.58. The number of hydrogen-bond donors (Lipinski definition) is 0. The molecule has 2 aromatic rings. The second-order valence-electron chi connectivity index (χ2n) is 7.19. The Balaban J connectivity index is 1.72. The van der Waals surface area contributed by atoms with Gasteiger partial charge >= 0.3 is 0 Å². The first-order chi connectivity index (χ1) is 12.2.